The molecule has 2 aliphatic rings. The van der Waals surface area contributed by atoms with E-state index in [4.69, 9.17) is 9.47 Å². The average molecular weight is 474 g/mol. The summed E-state index contributed by atoms with van der Waals surface area (Å²) >= 11 is 0. The van der Waals surface area contributed by atoms with Crippen LogP contribution in [0.4, 0.5) is 0 Å². The number of hydrogen-bond donors (Lipinski definition) is 2. The number of ether oxygens (including phenoxy) is 2. The molecule has 2 heterocycles. The van der Waals surface area contributed by atoms with Crippen molar-refractivity contribution in [2.24, 2.45) is 5.92 Å². The number of nitrogens with zero attached hydrogens (tertiary/aromatic N) is 1. The monoisotopic (exact) mass is 473 g/mol. The molecule has 0 unspecified atom stereocenters. The minimum Gasteiger partial charge on any atom is -0.454 e. The molecule has 2 aromatic rings. The van der Waals surface area contributed by atoms with Crippen LogP contribution in [0, 0.1) is 5.92 Å². The Morgan fingerprint density at radius 2 is 1.70 bits per heavy atom. The fraction of sp³-hybridized carbons (Fsp3) is 0.391. The van der Waals surface area contributed by atoms with Crippen LogP contribution >= 0.6 is 0 Å². The highest BCUT2D eigenvalue weighted by molar-refractivity contribution is 7.89. The van der Waals surface area contributed by atoms with Crippen LogP contribution in [0.5, 0.6) is 11.5 Å². The van der Waals surface area contributed by atoms with Crippen molar-refractivity contribution in [2.45, 2.75) is 30.7 Å². The highest BCUT2D eigenvalue weighted by Gasteiger charge is 2.31. The van der Waals surface area contributed by atoms with E-state index in [0.29, 0.717) is 44.0 Å². The molecule has 1 saturated heterocycles. The molecule has 0 aliphatic carbocycles. The predicted molar refractivity (Wildman–Crippen MR) is 120 cm³/mol. The summed E-state index contributed by atoms with van der Waals surface area (Å²) < 4.78 is 37.4. The minimum absolute atomic E-state index is 0.143. The number of fused-ring (bicyclic) bond motifs is 1. The Kier molecular flexibility index (Phi) is 7.14. The minimum atomic E-state index is -3.54. The first kappa shape index (κ1) is 23.1. The molecule has 0 spiro atoms. The number of piperidine rings is 1. The molecule has 2 amide bonds. The molecular formula is C23H27N3O6S. The molecule has 176 valence electrons. The third kappa shape index (κ3) is 5.63. The van der Waals surface area contributed by atoms with Gasteiger partial charge in [0, 0.05) is 38.5 Å². The van der Waals surface area contributed by atoms with Crippen molar-refractivity contribution < 1.29 is 27.5 Å². The van der Waals surface area contributed by atoms with Gasteiger partial charge in [0.2, 0.25) is 28.6 Å². The first-order valence-corrected chi connectivity index (χ1v) is 12.4. The molecule has 2 aromatic carbocycles. The summed E-state index contributed by atoms with van der Waals surface area (Å²) in [5, 5.41) is 5.62. The van der Waals surface area contributed by atoms with Crippen LogP contribution in [0.2, 0.25) is 0 Å². The summed E-state index contributed by atoms with van der Waals surface area (Å²) in [5.41, 5.74) is 0.897. The SMILES string of the molecule is O=C(CCNC(=O)C1CCN(S(=O)(=O)c2ccccc2)CC1)NCc1ccc2c(c1)OCO2. The molecule has 9 nitrogen and oxygen atoms in total. The van der Waals surface area contributed by atoms with Crippen molar-refractivity contribution in [2.75, 3.05) is 26.4 Å². The van der Waals surface area contributed by atoms with E-state index >= 15 is 0 Å². The Morgan fingerprint density at radius 3 is 2.45 bits per heavy atom. The van der Waals surface area contributed by atoms with E-state index in [-0.39, 0.29) is 42.4 Å². The molecule has 4 rings (SSSR count). The van der Waals surface area contributed by atoms with Crippen molar-refractivity contribution in [1.29, 1.82) is 0 Å². The zero-order valence-corrected chi connectivity index (χ0v) is 19.0. The third-order valence-electron chi connectivity index (χ3n) is 5.78. The Bertz CT molecular complexity index is 1100. The second-order valence-electron chi connectivity index (χ2n) is 8.00. The number of hydrogen-bond acceptors (Lipinski definition) is 6. The smallest absolute Gasteiger partial charge is 0.243 e. The first-order chi connectivity index (χ1) is 15.9. The van der Waals surface area contributed by atoms with Crippen LogP contribution in [-0.4, -0.2) is 51.0 Å². The van der Waals surface area contributed by atoms with Crippen molar-refractivity contribution in [3.63, 3.8) is 0 Å². The molecule has 33 heavy (non-hydrogen) atoms. The van der Waals surface area contributed by atoms with Gasteiger partial charge in [-0.2, -0.15) is 4.31 Å². The molecule has 2 N–H and O–H groups in total. The van der Waals surface area contributed by atoms with E-state index in [1.165, 1.54) is 4.31 Å². The van der Waals surface area contributed by atoms with Crippen LogP contribution in [-0.2, 0) is 26.2 Å². The van der Waals surface area contributed by atoms with E-state index in [2.05, 4.69) is 10.6 Å². The Balaban J connectivity index is 1.16. The molecule has 0 saturated carbocycles. The summed E-state index contributed by atoms with van der Waals surface area (Å²) in [4.78, 5) is 24.8. The quantitative estimate of drug-likeness (QED) is 0.603. The van der Waals surface area contributed by atoms with E-state index in [1.54, 1.807) is 36.4 Å². The van der Waals surface area contributed by atoms with Crippen LogP contribution < -0.4 is 20.1 Å². The van der Waals surface area contributed by atoms with E-state index < -0.39 is 10.0 Å². The fourth-order valence-corrected chi connectivity index (χ4v) is 5.37. The summed E-state index contributed by atoms with van der Waals surface area (Å²) in [6.45, 7) is 1.38. The normalized spacial score (nSPS) is 16.4. The second kappa shape index (κ2) is 10.2. The lowest BCUT2D eigenvalue weighted by atomic mass is 9.97. The van der Waals surface area contributed by atoms with Crippen LogP contribution in [0.15, 0.2) is 53.4 Å². The van der Waals surface area contributed by atoms with Gasteiger partial charge in [0.25, 0.3) is 0 Å². The standard InChI is InChI=1S/C23H27N3O6S/c27-22(25-15-17-6-7-20-21(14-17)32-16-31-20)8-11-24-23(28)18-9-12-26(13-10-18)33(29,30)19-4-2-1-3-5-19/h1-7,14,18H,8-13,15-16H2,(H,24,28)(H,25,27). The largest absolute Gasteiger partial charge is 0.454 e. The molecule has 0 bridgehead atoms. The summed E-state index contributed by atoms with van der Waals surface area (Å²) in [6.07, 6.45) is 1.07. The Hall–Kier alpha value is -3.11. The zero-order chi connectivity index (χ0) is 23.3. The zero-order valence-electron chi connectivity index (χ0n) is 18.2. The topological polar surface area (TPSA) is 114 Å². The van der Waals surface area contributed by atoms with Gasteiger partial charge in [-0.1, -0.05) is 24.3 Å². The van der Waals surface area contributed by atoms with Gasteiger partial charge in [0.05, 0.1) is 4.90 Å². The van der Waals surface area contributed by atoms with Gasteiger partial charge in [0.15, 0.2) is 11.5 Å². The highest BCUT2D eigenvalue weighted by atomic mass is 32.2. The molecule has 0 radical (unpaired) electrons. The number of nitrogens with one attached hydrogen (secondary N) is 2. The van der Waals surface area contributed by atoms with Crippen molar-refractivity contribution >= 4 is 21.8 Å². The maximum atomic E-state index is 12.7. The predicted octanol–water partition coefficient (Wildman–Crippen LogP) is 1.64. The molecule has 0 aromatic heterocycles. The van der Waals surface area contributed by atoms with E-state index in [1.807, 2.05) is 12.1 Å². The van der Waals surface area contributed by atoms with Crippen LogP contribution in [0.1, 0.15) is 24.8 Å². The van der Waals surface area contributed by atoms with Gasteiger partial charge >= 0.3 is 0 Å². The molecule has 2 aliphatic heterocycles. The van der Waals surface area contributed by atoms with Crippen molar-refractivity contribution in [3.05, 3.63) is 54.1 Å². The van der Waals surface area contributed by atoms with E-state index in [0.717, 1.165) is 5.56 Å². The lowest BCUT2D eigenvalue weighted by molar-refractivity contribution is -0.126. The average Bonchev–Trinajstić information content (AvgIpc) is 3.31. The molecule has 10 heteroatoms. The molecule has 1 fully saturated rings. The van der Waals surface area contributed by atoms with Gasteiger partial charge in [-0.05, 0) is 42.7 Å². The van der Waals surface area contributed by atoms with Crippen molar-refractivity contribution in [1.82, 2.24) is 14.9 Å². The maximum Gasteiger partial charge on any atom is 0.243 e. The summed E-state index contributed by atoms with van der Waals surface area (Å²) in [7, 11) is -3.54. The second-order valence-corrected chi connectivity index (χ2v) is 9.93. The number of carbonyl (C=O) groups is 2. The van der Waals surface area contributed by atoms with Gasteiger partial charge < -0.3 is 20.1 Å². The number of carbonyl (C=O) groups excluding carboxylic acids is 2. The van der Waals surface area contributed by atoms with Gasteiger partial charge in [-0.15, -0.1) is 0 Å². The van der Waals surface area contributed by atoms with Crippen molar-refractivity contribution in [3.8, 4) is 11.5 Å². The molecule has 0 atom stereocenters. The molecular weight excluding hydrogens is 446 g/mol. The number of benzene rings is 2. The van der Waals surface area contributed by atoms with Gasteiger partial charge in [-0.3, -0.25) is 9.59 Å². The first-order valence-electron chi connectivity index (χ1n) is 10.9. The Labute approximate surface area is 193 Å². The lowest BCUT2D eigenvalue weighted by Crippen LogP contribution is -2.43. The van der Waals surface area contributed by atoms with Gasteiger partial charge in [-0.25, -0.2) is 8.42 Å². The number of amides is 2. The number of rotatable bonds is 8. The summed E-state index contributed by atoms with van der Waals surface area (Å²) in [6, 6.07) is 13.8. The highest BCUT2D eigenvalue weighted by Crippen LogP contribution is 2.32. The van der Waals surface area contributed by atoms with E-state index in [9.17, 15) is 18.0 Å². The van der Waals surface area contributed by atoms with Crippen LogP contribution in [0.3, 0.4) is 0 Å². The Morgan fingerprint density at radius 1 is 0.970 bits per heavy atom. The lowest BCUT2D eigenvalue weighted by Gasteiger charge is -2.30. The van der Waals surface area contributed by atoms with Gasteiger partial charge in [0.1, 0.15) is 0 Å². The van der Waals surface area contributed by atoms with Crippen LogP contribution in [0.25, 0.3) is 0 Å². The summed E-state index contributed by atoms with van der Waals surface area (Å²) in [5.74, 6) is 0.781. The maximum absolute atomic E-state index is 12.7. The number of sulfonamides is 1. The fourth-order valence-electron chi connectivity index (χ4n) is 3.88. The third-order valence-corrected chi connectivity index (χ3v) is 7.70.